The van der Waals surface area contributed by atoms with Crippen LogP contribution in [0.4, 0.5) is 23.2 Å². The first-order chi connectivity index (χ1) is 21.1. The van der Waals surface area contributed by atoms with E-state index in [0.29, 0.717) is 38.3 Å². The Morgan fingerprint density at radius 3 is 2.86 bits per heavy atom. The van der Waals surface area contributed by atoms with E-state index in [1.165, 1.54) is 24.4 Å². The van der Waals surface area contributed by atoms with E-state index in [2.05, 4.69) is 30.8 Å². The molecule has 2 aliphatic rings. The van der Waals surface area contributed by atoms with Gasteiger partial charge in [0.2, 0.25) is 11.7 Å². The van der Waals surface area contributed by atoms with Gasteiger partial charge in [0.15, 0.2) is 0 Å². The Balaban J connectivity index is 1.24. The second-order valence-corrected chi connectivity index (χ2v) is 12.3. The van der Waals surface area contributed by atoms with E-state index in [1.807, 2.05) is 7.05 Å². The number of hydrogen-bond donors (Lipinski definition) is 2. The number of methoxy groups -OCH3 is 1. The van der Waals surface area contributed by atoms with Gasteiger partial charge in [0, 0.05) is 47.8 Å². The normalized spacial score (nSPS) is 22.7. The minimum absolute atomic E-state index is 0.0794. The van der Waals surface area contributed by atoms with Gasteiger partial charge in [-0.15, -0.1) is 13.2 Å². The lowest BCUT2D eigenvalue weighted by atomic mass is 9.94. The fourth-order valence-electron chi connectivity index (χ4n) is 5.62. The second-order valence-electron chi connectivity index (χ2n) is 11.0. The smallest absolute Gasteiger partial charge is 0.383 e. The van der Waals surface area contributed by atoms with Crippen molar-refractivity contribution in [3.05, 3.63) is 48.1 Å². The number of likely N-dealkylation sites (tertiary alicyclic amines) is 1. The highest BCUT2D eigenvalue weighted by molar-refractivity contribution is 8.06. The van der Waals surface area contributed by atoms with Crippen molar-refractivity contribution in [2.75, 3.05) is 44.9 Å². The van der Waals surface area contributed by atoms with Crippen LogP contribution < -0.4 is 10.6 Å². The molecule has 2 saturated heterocycles. The van der Waals surface area contributed by atoms with Gasteiger partial charge < -0.3 is 24.8 Å². The fraction of sp³-hybridized carbons (Fsp3) is 0.500. The summed E-state index contributed by atoms with van der Waals surface area (Å²) in [7, 11) is 3.52. The van der Waals surface area contributed by atoms with Crippen LogP contribution in [-0.4, -0.2) is 92.4 Å². The van der Waals surface area contributed by atoms with Crippen LogP contribution in [0.1, 0.15) is 22.7 Å². The molecule has 4 aromatic rings. The summed E-state index contributed by atoms with van der Waals surface area (Å²) < 4.78 is 71.0. The zero-order chi connectivity index (χ0) is 31.0. The molecule has 236 valence electrons. The highest BCUT2D eigenvalue weighted by Gasteiger charge is 2.43. The SMILES string of the molecule is COCCn1cc(C(=O)NCc2nc(-c3cc4c(NC5CCN(C)CC(C6CS6)[C@@H]5F)cccc4n3C(F)(F)F)no2)cn1. The summed E-state index contributed by atoms with van der Waals surface area (Å²) >= 11 is 1.74. The predicted octanol–water partition coefficient (Wildman–Crippen LogP) is 4.13. The van der Waals surface area contributed by atoms with Crippen LogP contribution in [0.2, 0.25) is 0 Å². The van der Waals surface area contributed by atoms with E-state index in [0.717, 1.165) is 5.75 Å². The molecular weight excluding hydrogens is 604 g/mol. The molecule has 0 radical (unpaired) electrons. The number of anilines is 1. The quantitative estimate of drug-likeness (QED) is 0.196. The van der Waals surface area contributed by atoms with E-state index in [-0.39, 0.29) is 56.2 Å². The molecule has 4 atom stereocenters. The number of carbonyl (C=O) groups is 1. The summed E-state index contributed by atoms with van der Waals surface area (Å²) in [6, 6.07) is 5.29. The molecule has 0 aliphatic carbocycles. The van der Waals surface area contributed by atoms with E-state index < -0.39 is 24.4 Å². The topological polar surface area (TPSA) is 115 Å². The average molecular weight is 637 g/mol. The predicted molar refractivity (Wildman–Crippen MR) is 156 cm³/mol. The zero-order valence-corrected chi connectivity index (χ0v) is 24.9. The first kappa shape index (κ1) is 30.4. The molecule has 3 unspecified atom stereocenters. The molecule has 11 nitrogen and oxygen atoms in total. The number of halogens is 4. The number of hydrogen-bond acceptors (Lipinski definition) is 9. The molecule has 44 heavy (non-hydrogen) atoms. The number of rotatable bonds is 10. The summed E-state index contributed by atoms with van der Waals surface area (Å²) in [5.74, 6) is -0.0677. The highest BCUT2D eigenvalue weighted by Crippen LogP contribution is 2.43. The number of thioether (sulfide) groups is 1. The van der Waals surface area contributed by atoms with Crippen LogP contribution in [0.5, 0.6) is 0 Å². The largest absolute Gasteiger partial charge is 0.489 e. The molecule has 16 heteroatoms. The number of amides is 1. The van der Waals surface area contributed by atoms with Crippen molar-refractivity contribution < 1.29 is 31.6 Å². The van der Waals surface area contributed by atoms with E-state index in [4.69, 9.17) is 9.26 Å². The number of nitrogens with one attached hydrogen (secondary N) is 2. The Morgan fingerprint density at radius 1 is 1.30 bits per heavy atom. The van der Waals surface area contributed by atoms with Gasteiger partial charge in [0.25, 0.3) is 5.91 Å². The van der Waals surface area contributed by atoms with Crippen molar-refractivity contribution in [2.24, 2.45) is 5.92 Å². The monoisotopic (exact) mass is 636 g/mol. The lowest BCUT2D eigenvalue weighted by Crippen LogP contribution is -2.38. The minimum atomic E-state index is -4.81. The summed E-state index contributed by atoms with van der Waals surface area (Å²) in [6.07, 6.45) is -2.50. The van der Waals surface area contributed by atoms with Crippen LogP contribution in [-0.2, 0) is 24.1 Å². The Labute approximate surface area is 254 Å². The van der Waals surface area contributed by atoms with Gasteiger partial charge in [0.05, 0.1) is 48.7 Å². The number of alkyl halides is 4. The van der Waals surface area contributed by atoms with E-state index >= 15 is 4.39 Å². The Morgan fingerprint density at radius 2 is 2.11 bits per heavy atom. The van der Waals surface area contributed by atoms with Crippen molar-refractivity contribution in [3.8, 4) is 11.5 Å². The summed E-state index contributed by atoms with van der Waals surface area (Å²) in [4.78, 5) is 18.8. The zero-order valence-electron chi connectivity index (χ0n) is 24.1. The number of ether oxygens (including phenoxy) is 1. The van der Waals surface area contributed by atoms with Crippen molar-refractivity contribution >= 4 is 34.3 Å². The van der Waals surface area contributed by atoms with Crippen LogP contribution in [0.3, 0.4) is 0 Å². The molecule has 2 fully saturated rings. The molecule has 2 N–H and O–H groups in total. The minimum Gasteiger partial charge on any atom is -0.383 e. The molecule has 3 aromatic heterocycles. The lowest BCUT2D eigenvalue weighted by Gasteiger charge is -2.26. The lowest BCUT2D eigenvalue weighted by molar-refractivity contribution is -0.199. The third-order valence-electron chi connectivity index (χ3n) is 7.93. The van der Waals surface area contributed by atoms with Crippen LogP contribution >= 0.6 is 11.8 Å². The Kier molecular flexibility index (Phi) is 8.57. The average Bonchev–Trinajstić information content (AvgIpc) is 3.39. The molecule has 1 aromatic carbocycles. The maximum Gasteiger partial charge on any atom is 0.489 e. The molecule has 0 spiro atoms. The van der Waals surface area contributed by atoms with Crippen LogP contribution in [0, 0.1) is 5.92 Å². The molecule has 2 aliphatic heterocycles. The van der Waals surface area contributed by atoms with Gasteiger partial charge in [-0.2, -0.15) is 21.8 Å². The van der Waals surface area contributed by atoms with Crippen LogP contribution in [0.15, 0.2) is 41.2 Å². The Bertz CT molecular complexity index is 1620. The highest BCUT2D eigenvalue weighted by atomic mass is 32.2. The van der Waals surface area contributed by atoms with Crippen molar-refractivity contribution in [1.82, 2.24) is 34.7 Å². The molecular formula is C28H32F4N8O3S. The van der Waals surface area contributed by atoms with Crippen molar-refractivity contribution in [2.45, 2.75) is 43.3 Å². The number of fused-ring (bicyclic) bond motifs is 1. The second kappa shape index (κ2) is 12.4. The third-order valence-corrected chi connectivity index (χ3v) is 9.00. The van der Waals surface area contributed by atoms with Crippen LogP contribution in [0.25, 0.3) is 22.4 Å². The van der Waals surface area contributed by atoms with Gasteiger partial charge in [0.1, 0.15) is 6.17 Å². The first-order valence-electron chi connectivity index (χ1n) is 14.2. The molecule has 1 amide bonds. The van der Waals surface area contributed by atoms with E-state index in [1.54, 1.807) is 35.8 Å². The fourth-order valence-corrected chi connectivity index (χ4v) is 6.46. The number of benzene rings is 1. The van der Waals surface area contributed by atoms with Crippen molar-refractivity contribution in [3.63, 3.8) is 0 Å². The maximum absolute atomic E-state index is 15.8. The van der Waals surface area contributed by atoms with Gasteiger partial charge in [-0.05, 0) is 38.2 Å². The molecule has 5 heterocycles. The third kappa shape index (κ3) is 6.42. The Hall–Kier alpha value is -3.63. The van der Waals surface area contributed by atoms with Crippen molar-refractivity contribution in [1.29, 1.82) is 0 Å². The maximum atomic E-state index is 15.8. The summed E-state index contributed by atoms with van der Waals surface area (Å²) in [5, 5.41) is 14.2. The van der Waals surface area contributed by atoms with Gasteiger partial charge in [-0.3, -0.25) is 9.48 Å². The molecule has 0 bridgehead atoms. The number of aromatic nitrogens is 5. The summed E-state index contributed by atoms with van der Waals surface area (Å²) in [6.45, 7) is 2.01. The standard InChI is InChI=1S/C28H32F4N8O3S/c1-38-7-6-20(25(29)18(14-38)23-15-44-23)35-19-4-3-5-21-17(19)10-22(40(21)28(30,31)32)26-36-24(43-37-26)12-33-27(41)16-11-34-39(13-16)8-9-42-2/h3-5,10-11,13,18,20,23,25,35H,6-9,12,14-15H2,1-2H3,(H,33,41)/t18?,20?,23?,25-/m0/s1. The molecule has 0 saturated carbocycles. The number of carbonyl (C=O) groups excluding carboxylic acids is 1. The van der Waals surface area contributed by atoms with Gasteiger partial charge >= 0.3 is 6.30 Å². The van der Waals surface area contributed by atoms with Gasteiger partial charge in [-0.25, -0.2) is 8.96 Å². The first-order valence-corrected chi connectivity index (χ1v) is 15.2. The number of nitrogens with zero attached hydrogens (tertiary/aromatic N) is 6. The van der Waals surface area contributed by atoms with E-state index in [9.17, 15) is 18.0 Å². The molecule has 6 rings (SSSR count). The summed E-state index contributed by atoms with van der Waals surface area (Å²) in [5.41, 5.74) is 0.217. The van der Waals surface area contributed by atoms with Gasteiger partial charge in [-0.1, -0.05) is 11.2 Å².